The topological polar surface area (TPSA) is 84.3 Å². The van der Waals surface area contributed by atoms with Crippen molar-refractivity contribution in [1.82, 2.24) is 13.9 Å². The molecule has 1 N–H and O–H groups in total. The maximum atomic E-state index is 12.5. The van der Waals surface area contributed by atoms with Gasteiger partial charge in [-0.2, -0.15) is 4.31 Å². The summed E-state index contributed by atoms with van der Waals surface area (Å²) < 4.78 is 26.9. The minimum Gasteiger partial charge on any atom is -0.334 e. The molecule has 0 spiro atoms. The van der Waals surface area contributed by atoms with E-state index in [2.05, 4.69) is 10.3 Å². The summed E-state index contributed by atoms with van der Waals surface area (Å²) in [4.78, 5) is 16.8. The number of piperidine rings is 1. The normalized spacial score (nSPS) is 19.8. The minimum absolute atomic E-state index is 0.281. The first-order valence-corrected chi connectivity index (χ1v) is 9.40. The van der Waals surface area contributed by atoms with Crippen molar-refractivity contribution < 1.29 is 13.2 Å². The minimum atomic E-state index is -3.39. The molecular weight excluding hydrogens is 316 g/mol. The van der Waals surface area contributed by atoms with Crippen LogP contribution in [0, 0.1) is 0 Å². The number of carbonyl (C=O) groups excluding carboxylic acids is 1. The van der Waals surface area contributed by atoms with Gasteiger partial charge in [0.1, 0.15) is 6.04 Å². The third-order valence-electron chi connectivity index (χ3n) is 4.18. The zero-order valence-corrected chi connectivity index (χ0v) is 14.0. The molecule has 8 heteroatoms. The molecule has 2 heterocycles. The van der Waals surface area contributed by atoms with Crippen LogP contribution in [0.1, 0.15) is 19.3 Å². The third-order valence-corrected chi connectivity index (χ3v) is 5.46. The highest BCUT2D eigenvalue weighted by atomic mass is 32.2. The maximum Gasteiger partial charge on any atom is 0.242 e. The zero-order chi connectivity index (χ0) is 16.6. The highest BCUT2D eigenvalue weighted by Crippen LogP contribution is 2.23. The average molecular weight is 336 g/mol. The number of nitrogens with zero attached hydrogens (tertiary/aromatic N) is 3. The predicted molar refractivity (Wildman–Crippen MR) is 88.5 cm³/mol. The number of anilines is 1. The molecule has 0 radical (unpaired) electrons. The number of aromatic nitrogens is 2. The third kappa shape index (κ3) is 3.23. The Balaban J connectivity index is 1.82. The van der Waals surface area contributed by atoms with E-state index >= 15 is 0 Å². The molecule has 23 heavy (non-hydrogen) atoms. The lowest BCUT2D eigenvalue weighted by Crippen LogP contribution is -2.49. The molecule has 7 nitrogen and oxygen atoms in total. The Hall–Kier alpha value is -1.93. The molecule has 1 aromatic carbocycles. The van der Waals surface area contributed by atoms with Gasteiger partial charge in [-0.25, -0.2) is 13.4 Å². The SMILES string of the molecule is Cn1cnc2ccc(NC(=O)C3CCCCN3S(C)(=O)=O)cc21. The van der Waals surface area contributed by atoms with Crippen LogP contribution in [0.4, 0.5) is 5.69 Å². The van der Waals surface area contributed by atoms with Crippen molar-refractivity contribution in [2.45, 2.75) is 25.3 Å². The van der Waals surface area contributed by atoms with E-state index in [0.717, 1.165) is 30.1 Å². The summed E-state index contributed by atoms with van der Waals surface area (Å²) in [5.41, 5.74) is 2.40. The fourth-order valence-electron chi connectivity index (χ4n) is 2.99. The van der Waals surface area contributed by atoms with E-state index < -0.39 is 16.1 Å². The summed E-state index contributed by atoms with van der Waals surface area (Å²) in [6.45, 7) is 0.400. The molecule has 1 aliphatic rings. The second-order valence-corrected chi connectivity index (χ2v) is 7.87. The number of carbonyl (C=O) groups is 1. The Labute approximate surface area is 135 Å². The van der Waals surface area contributed by atoms with Crippen molar-refractivity contribution in [3.8, 4) is 0 Å². The Bertz CT molecular complexity index is 844. The van der Waals surface area contributed by atoms with E-state index in [9.17, 15) is 13.2 Å². The van der Waals surface area contributed by atoms with E-state index in [1.54, 1.807) is 12.4 Å². The van der Waals surface area contributed by atoms with Gasteiger partial charge in [-0.05, 0) is 31.0 Å². The Kier molecular flexibility index (Phi) is 4.11. The van der Waals surface area contributed by atoms with E-state index in [0.29, 0.717) is 18.7 Å². The summed E-state index contributed by atoms with van der Waals surface area (Å²) in [6, 6.07) is 4.82. The zero-order valence-electron chi connectivity index (χ0n) is 13.2. The highest BCUT2D eigenvalue weighted by Gasteiger charge is 2.34. The Morgan fingerprint density at radius 2 is 2.13 bits per heavy atom. The van der Waals surface area contributed by atoms with Gasteiger partial charge >= 0.3 is 0 Å². The molecule has 3 rings (SSSR count). The quantitative estimate of drug-likeness (QED) is 0.916. The summed E-state index contributed by atoms with van der Waals surface area (Å²) in [5, 5.41) is 2.84. The van der Waals surface area contributed by atoms with Gasteiger partial charge in [0.25, 0.3) is 0 Å². The smallest absolute Gasteiger partial charge is 0.242 e. The van der Waals surface area contributed by atoms with Crippen LogP contribution in [-0.2, 0) is 21.9 Å². The predicted octanol–water partition coefficient (Wildman–Crippen LogP) is 1.33. The van der Waals surface area contributed by atoms with Crippen molar-refractivity contribution in [2.24, 2.45) is 7.05 Å². The van der Waals surface area contributed by atoms with Crippen molar-refractivity contribution >= 4 is 32.7 Å². The number of hydrogen-bond donors (Lipinski definition) is 1. The second-order valence-electron chi connectivity index (χ2n) is 5.93. The van der Waals surface area contributed by atoms with E-state index in [4.69, 9.17) is 0 Å². The summed E-state index contributed by atoms with van der Waals surface area (Å²) in [5.74, 6) is -0.281. The fraction of sp³-hybridized carbons (Fsp3) is 0.467. The molecule has 1 fully saturated rings. The molecule has 0 saturated carbocycles. The van der Waals surface area contributed by atoms with Gasteiger partial charge in [-0.1, -0.05) is 6.42 Å². The number of rotatable bonds is 3. The molecular formula is C15H20N4O3S. The number of imidazole rings is 1. The lowest BCUT2D eigenvalue weighted by molar-refractivity contribution is -0.120. The molecule has 124 valence electrons. The first-order chi connectivity index (χ1) is 10.9. The standard InChI is InChI=1S/C15H20N4O3S/c1-18-10-16-12-7-6-11(9-14(12)18)17-15(20)13-5-3-4-8-19(13)23(2,21)22/h6-7,9-10,13H,3-5,8H2,1-2H3,(H,17,20). The van der Waals surface area contributed by atoms with Gasteiger partial charge in [-0.3, -0.25) is 4.79 Å². The monoisotopic (exact) mass is 336 g/mol. The number of benzene rings is 1. The second kappa shape index (κ2) is 5.93. The van der Waals surface area contributed by atoms with Crippen LogP contribution in [-0.4, -0.2) is 47.0 Å². The van der Waals surface area contributed by atoms with Gasteiger partial charge < -0.3 is 9.88 Å². The molecule has 0 bridgehead atoms. The number of nitrogens with one attached hydrogen (secondary N) is 1. The molecule has 1 saturated heterocycles. The molecule has 2 aromatic rings. The van der Waals surface area contributed by atoms with Crippen LogP contribution in [0.25, 0.3) is 11.0 Å². The molecule has 1 aromatic heterocycles. The maximum absolute atomic E-state index is 12.5. The van der Waals surface area contributed by atoms with Crippen molar-refractivity contribution in [3.05, 3.63) is 24.5 Å². The van der Waals surface area contributed by atoms with Crippen molar-refractivity contribution in [3.63, 3.8) is 0 Å². The molecule has 1 unspecified atom stereocenters. The van der Waals surface area contributed by atoms with Crippen molar-refractivity contribution in [1.29, 1.82) is 0 Å². The molecule has 1 amide bonds. The van der Waals surface area contributed by atoms with Crippen LogP contribution >= 0.6 is 0 Å². The number of aryl methyl sites for hydroxylation is 1. The number of amides is 1. The summed E-state index contributed by atoms with van der Waals surface area (Å²) >= 11 is 0. The molecule has 1 atom stereocenters. The van der Waals surface area contributed by atoms with E-state index in [-0.39, 0.29) is 5.91 Å². The Morgan fingerprint density at radius 3 is 2.87 bits per heavy atom. The van der Waals surface area contributed by atoms with Crippen molar-refractivity contribution in [2.75, 3.05) is 18.1 Å². The van der Waals surface area contributed by atoms with Crippen LogP contribution in [0.3, 0.4) is 0 Å². The lowest BCUT2D eigenvalue weighted by atomic mass is 10.0. The number of hydrogen-bond acceptors (Lipinski definition) is 4. The highest BCUT2D eigenvalue weighted by molar-refractivity contribution is 7.88. The first-order valence-electron chi connectivity index (χ1n) is 7.55. The van der Waals surface area contributed by atoms with Crippen LogP contribution in [0.2, 0.25) is 0 Å². The average Bonchev–Trinajstić information content (AvgIpc) is 2.87. The lowest BCUT2D eigenvalue weighted by Gasteiger charge is -2.32. The van der Waals surface area contributed by atoms with Crippen LogP contribution in [0.15, 0.2) is 24.5 Å². The fourth-order valence-corrected chi connectivity index (χ4v) is 4.12. The van der Waals surface area contributed by atoms with Gasteiger partial charge in [0, 0.05) is 19.3 Å². The summed E-state index contributed by atoms with van der Waals surface area (Å²) in [7, 11) is -1.50. The van der Waals surface area contributed by atoms with E-state index in [1.807, 2.05) is 23.7 Å². The summed E-state index contributed by atoms with van der Waals surface area (Å²) in [6.07, 6.45) is 5.05. The van der Waals surface area contributed by atoms with Crippen LogP contribution in [0.5, 0.6) is 0 Å². The van der Waals surface area contributed by atoms with Gasteiger partial charge in [0.05, 0.1) is 23.6 Å². The Morgan fingerprint density at radius 1 is 1.35 bits per heavy atom. The van der Waals surface area contributed by atoms with Gasteiger partial charge in [0.2, 0.25) is 15.9 Å². The first kappa shape index (κ1) is 15.9. The molecule has 0 aliphatic carbocycles. The van der Waals surface area contributed by atoms with E-state index in [1.165, 1.54) is 4.31 Å². The number of fused-ring (bicyclic) bond motifs is 1. The van der Waals surface area contributed by atoms with Gasteiger partial charge in [0.15, 0.2) is 0 Å². The molecule has 1 aliphatic heterocycles. The largest absolute Gasteiger partial charge is 0.334 e. The number of sulfonamides is 1. The van der Waals surface area contributed by atoms with Crippen LogP contribution < -0.4 is 5.32 Å². The van der Waals surface area contributed by atoms with Gasteiger partial charge in [-0.15, -0.1) is 0 Å².